The predicted octanol–water partition coefficient (Wildman–Crippen LogP) is 6.86. The molecule has 0 fully saturated rings. The van der Waals surface area contributed by atoms with Gasteiger partial charge in [-0.15, -0.1) is 0 Å². The van der Waals surface area contributed by atoms with Crippen molar-refractivity contribution in [3.8, 4) is 22.4 Å². The van der Waals surface area contributed by atoms with Gasteiger partial charge >= 0.3 is 0 Å². The maximum absolute atomic E-state index is 4.94. The van der Waals surface area contributed by atoms with Gasteiger partial charge < -0.3 is 5.32 Å². The molecule has 1 N–H and O–H groups in total. The zero-order valence-corrected chi connectivity index (χ0v) is 17.7. The van der Waals surface area contributed by atoms with E-state index in [0.29, 0.717) is 6.04 Å². The van der Waals surface area contributed by atoms with E-state index >= 15 is 0 Å². The molecule has 0 aliphatic carbocycles. The van der Waals surface area contributed by atoms with Crippen LogP contribution in [0.1, 0.15) is 13.3 Å². The molecular weight excluding hydrogens is 386 g/mol. The second kappa shape index (κ2) is 8.33. The lowest BCUT2D eigenvalue weighted by Crippen LogP contribution is -2.05. The first-order chi connectivity index (χ1) is 14.8. The van der Waals surface area contributed by atoms with Gasteiger partial charge in [-0.1, -0.05) is 79.3 Å². The van der Waals surface area contributed by atoms with E-state index in [-0.39, 0.29) is 0 Å². The third-order valence-corrected chi connectivity index (χ3v) is 6.45. The Labute approximate surface area is 181 Å². The summed E-state index contributed by atoms with van der Waals surface area (Å²) in [5, 5.41) is 5.64. The van der Waals surface area contributed by atoms with Crippen LogP contribution in [0.5, 0.6) is 0 Å². The number of nitrogens with zero attached hydrogens (tertiary/aromatic N) is 2. The van der Waals surface area contributed by atoms with E-state index in [1.165, 1.54) is 16.5 Å². The normalized spacial score (nSPS) is 15.9. The van der Waals surface area contributed by atoms with Crippen LogP contribution in [0.25, 0.3) is 33.3 Å². The fraction of sp³-hybridized carbons (Fsp3) is 0.154. The molecule has 3 aromatic carbocycles. The Morgan fingerprint density at radius 2 is 1.67 bits per heavy atom. The van der Waals surface area contributed by atoms with Gasteiger partial charge in [0.25, 0.3) is 0 Å². The Kier molecular flexibility index (Phi) is 5.24. The van der Waals surface area contributed by atoms with Crippen LogP contribution in [0.2, 0.25) is 0 Å². The molecule has 0 radical (unpaired) electrons. The highest BCUT2D eigenvalue weighted by Crippen LogP contribution is 2.32. The van der Waals surface area contributed by atoms with Crippen molar-refractivity contribution in [2.24, 2.45) is 4.99 Å². The Bertz CT molecular complexity index is 1200. The number of benzene rings is 3. The first kappa shape index (κ1) is 18.9. The quantitative estimate of drug-likeness (QED) is 0.400. The zero-order chi connectivity index (χ0) is 20.3. The highest BCUT2D eigenvalue weighted by molar-refractivity contribution is 8.14. The lowest BCUT2D eigenvalue weighted by Gasteiger charge is -2.11. The van der Waals surface area contributed by atoms with Crippen LogP contribution in [0.15, 0.2) is 89.9 Å². The minimum Gasteiger partial charge on any atom is -0.335 e. The molecule has 1 aliphatic rings. The number of anilines is 1. The number of amidine groups is 1. The molecule has 148 valence electrons. The van der Waals surface area contributed by atoms with Gasteiger partial charge in [-0.25, -0.2) is 4.98 Å². The van der Waals surface area contributed by atoms with Gasteiger partial charge in [0.05, 0.1) is 17.3 Å². The van der Waals surface area contributed by atoms with E-state index in [1.807, 2.05) is 6.07 Å². The van der Waals surface area contributed by atoms with Crippen molar-refractivity contribution in [1.82, 2.24) is 4.98 Å². The summed E-state index contributed by atoms with van der Waals surface area (Å²) in [5.41, 5.74) is 6.58. The highest BCUT2D eigenvalue weighted by atomic mass is 32.2. The smallest absolute Gasteiger partial charge is 0.161 e. The number of thioether (sulfide) groups is 1. The summed E-state index contributed by atoms with van der Waals surface area (Å²) in [6, 6.07) is 30.0. The molecule has 3 nitrogen and oxygen atoms in total. The number of nitrogens with one attached hydrogen (secondary N) is 1. The van der Waals surface area contributed by atoms with E-state index in [1.54, 1.807) is 11.8 Å². The molecule has 0 amide bonds. The number of aliphatic imine (C=N–C) groups is 1. The topological polar surface area (TPSA) is 37.3 Å². The van der Waals surface area contributed by atoms with E-state index in [4.69, 9.17) is 9.98 Å². The van der Waals surface area contributed by atoms with Crippen molar-refractivity contribution in [1.29, 1.82) is 0 Å². The SMILES string of the molecule is CC[C@H]1CSC(Nc2ccc(-c3cc(-c4ccccc4)c4ccccc4n3)cc2)=N1. The number of hydrogen-bond acceptors (Lipinski definition) is 4. The number of fused-ring (bicyclic) bond motifs is 1. The minimum absolute atomic E-state index is 0.440. The van der Waals surface area contributed by atoms with Crippen LogP contribution >= 0.6 is 11.8 Å². The van der Waals surface area contributed by atoms with Gasteiger partial charge in [0.2, 0.25) is 0 Å². The molecule has 1 atom stereocenters. The minimum atomic E-state index is 0.440. The largest absolute Gasteiger partial charge is 0.335 e. The Balaban J connectivity index is 1.49. The van der Waals surface area contributed by atoms with Gasteiger partial charge in [-0.2, -0.15) is 0 Å². The zero-order valence-electron chi connectivity index (χ0n) is 16.9. The molecule has 0 bridgehead atoms. The van der Waals surface area contributed by atoms with Crippen molar-refractivity contribution in [3.05, 3.63) is 84.9 Å². The monoisotopic (exact) mass is 409 g/mol. The third-order valence-electron chi connectivity index (χ3n) is 5.42. The van der Waals surface area contributed by atoms with E-state index in [0.717, 1.165) is 39.8 Å². The van der Waals surface area contributed by atoms with Crippen LogP contribution in [0, 0.1) is 0 Å². The van der Waals surface area contributed by atoms with Gasteiger partial charge in [-0.3, -0.25) is 4.99 Å². The summed E-state index contributed by atoms with van der Waals surface area (Å²) in [5.74, 6) is 1.07. The Hall–Kier alpha value is -3.11. The van der Waals surface area contributed by atoms with Crippen molar-refractivity contribution < 1.29 is 0 Å². The number of pyridine rings is 1. The lowest BCUT2D eigenvalue weighted by molar-refractivity contribution is 0.738. The summed E-state index contributed by atoms with van der Waals surface area (Å²) < 4.78 is 0. The molecule has 5 rings (SSSR count). The van der Waals surface area contributed by atoms with Crippen molar-refractivity contribution >= 4 is 33.5 Å². The van der Waals surface area contributed by atoms with Gasteiger partial charge in [-0.05, 0) is 41.8 Å². The molecule has 0 saturated heterocycles. The van der Waals surface area contributed by atoms with Crippen LogP contribution in [-0.4, -0.2) is 21.9 Å². The number of rotatable bonds is 4. The summed E-state index contributed by atoms with van der Waals surface area (Å²) in [4.78, 5) is 9.66. The second-order valence-corrected chi connectivity index (χ2v) is 8.46. The second-order valence-electron chi connectivity index (χ2n) is 7.45. The number of hydrogen-bond donors (Lipinski definition) is 1. The average Bonchev–Trinajstić information content (AvgIpc) is 3.27. The van der Waals surface area contributed by atoms with Gasteiger partial charge in [0.15, 0.2) is 5.17 Å². The van der Waals surface area contributed by atoms with Crippen LogP contribution in [-0.2, 0) is 0 Å². The van der Waals surface area contributed by atoms with Crippen LogP contribution in [0.3, 0.4) is 0 Å². The van der Waals surface area contributed by atoms with Crippen LogP contribution < -0.4 is 5.32 Å². The predicted molar refractivity (Wildman–Crippen MR) is 130 cm³/mol. The fourth-order valence-electron chi connectivity index (χ4n) is 3.72. The third kappa shape index (κ3) is 3.83. The van der Waals surface area contributed by atoms with Crippen molar-refractivity contribution in [2.75, 3.05) is 11.1 Å². The summed E-state index contributed by atoms with van der Waals surface area (Å²) in [6.45, 7) is 2.19. The standard InChI is InChI=1S/C26H23N3S/c1-2-20-17-30-26(27-20)28-21-14-12-19(13-15-21)25-16-23(18-8-4-3-5-9-18)22-10-6-7-11-24(22)29-25/h3-16,20H,2,17H2,1H3,(H,27,28)/t20-/m0/s1. The van der Waals surface area contributed by atoms with E-state index in [2.05, 4.69) is 91.1 Å². The molecule has 1 aliphatic heterocycles. The van der Waals surface area contributed by atoms with Crippen molar-refractivity contribution in [3.63, 3.8) is 0 Å². The summed E-state index contributed by atoms with van der Waals surface area (Å²) >= 11 is 1.80. The molecular formula is C26H23N3S. The van der Waals surface area contributed by atoms with Crippen molar-refractivity contribution in [2.45, 2.75) is 19.4 Å². The molecule has 4 heteroatoms. The average molecular weight is 410 g/mol. The Morgan fingerprint density at radius 1 is 0.900 bits per heavy atom. The summed E-state index contributed by atoms with van der Waals surface area (Å²) in [6.07, 6.45) is 1.09. The first-order valence-electron chi connectivity index (χ1n) is 10.3. The van der Waals surface area contributed by atoms with Gasteiger partial charge in [0.1, 0.15) is 0 Å². The lowest BCUT2D eigenvalue weighted by atomic mass is 9.98. The molecule has 0 saturated carbocycles. The maximum Gasteiger partial charge on any atom is 0.161 e. The molecule has 1 aromatic heterocycles. The van der Waals surface area contributed by atoms with Crippen LogP contribution in [0.4, 0.5) is 5.69 Å². The highest BCUT2D eigenvalue weighted by Gasteiger charge is 2.16. The number of para-hydroxylation sites is 1. The first-order valence-corrected chi connectivity index (χ1v) is 11.3. The maximum atomic E-state index is 4.94. The van der Waals surface area contributed by atoms with E-state index < -0.39 is 0 Å². The molecule has 0 unspecified atom stereocenters. The fourth-order valence-corrected chi connectivity index (χ4v) is 4.79. The van der Waals surface area contributed by atoms with E-state index in [9.17, 15) is 0 Å². The number of aromatic nitrogens is 1. The Morgan fingerprint density at radius 3 is 2.43 bits per heavy atom. The summed E-state index contributed by atoms with van der Waals surface area (Å²) in [7, 11) is 0. The molecule has 0 spiro atoms. The van der Waals surface area contributed by atoms with Gasteiger partial charge in [0, 0.05) is 22.4 Å². The molecule has 4 aromatic rings. The molecule has 2 heterocycles. The molecule has 30 heavy (non-hydrogen) atoms.